The average molecular weight is 376 g/mol. The summed E-state index contributed by atoms with van der Waals surface area (Å²) in [5, 5.41) is 7.39. The Morgan fingerprint density at radius 3 is 2.54 bits per heavy atom. The SMILES string of the molecule is O=C(Nc1ccc2ccccc2c1)c1ccccc1SCc1cccs1. The second kappa shape index (κ2) is 7.77. The summed E-state index contributed by atoms with van der Waals surface area (Å²) in [5.41, 5.74) is 1.52. The second-order valence-corrected chi connectivity index (χ2v) is 7.93. The Morgan fingerprint density at radius 2 is 1.69 bits per heavy atom. The number of rotatable bonds is 5. The maximum atomic E-state index is 12.8. The van der Waals surface area contributed by atoms with Gasteiger partial charge in [0.2, 0.25) is 0 Å². The van der Waals surface area contributed by atoms with Gasteiger partial charge in [-0.3, -0.25) is 4.79 Å². The highest BCUT2D eigenvalue weighted by atomic mass is 32.2. The van der Waals surface area contributed by atoms with Crippen molar-refractivity contribution < 1.29 is 4.79 Å². The smallest absolute Gasteiger partial charge is 0.256 e. The molecule has 0 spiro atoms. The third-order valence-corrected chi connectivity index (χ3v) is 6.27. The highest BCUT2D eigenvalue weighted by Gasteiger charge is 2.12. The molecule has 0 unspecified atom stereocenters. The first-order chi connectivity index (χ1) is 12.8. The van der Waals surface area contributed by atoms with Gasteiger partial charge >= 0.3 is 0 Å². The van der Waals surface area contributed by atoms with Crippen LogP contribution >= 0.6 is 23.1 Å². The van der Waals surface area contributed by atoms with Crippen molar-refractivity contribution in [3.05, 3.63) is 94.7 Å². The molecule has 1 heterocycles. The molecule has 26 heavy (non-hydrogen) atoms. The fourth-order valence-electron chi connectivity index (χ4n) is 2.79. The van der Waals surface area contributed by atoms with Crippen LogP contribution in [0.1, 0.15) is 15.2 Å². The van der Waals surface area contributed by atoms with Crippen LogP contribution in [0, 0.1) is 0 Å². The van der Waals surface area contributed by atoms with E-state index < -0.39 is 0 Å². The number of nitrogens with one attached hydrogen (secondary N) is 1. The normalized spacial score (nSPS) is 10.8. The number of amides is 1. The van der Waals surface area contributed by atoms with Gasteiger partial charge in [0, 0.05) is 21.2 Å². The molecule has 0 fully saturated rings. The van der Waals surface area contributed by atoms with Crippen LogP contribution < -0.4 is 5.32 Å². The van der Waals surface area contributed by atoms with Crippen molar-refractivity contribution in [3.8, 4) is 0 Å². The lowest BCUT2D eigenvalue weighted by atomic mass is 10.1. The van der Waals surface area contributed by atoms with Crippen LogP contribution in [0.3, 0.4) is 0 Å². The molecule has 0 bridgehead atoms. The largest absolute Gasteiger partial charge is 0.322 e. The monoisotopic (exact) mass is 375 g/mol. The number of fused-ring (bicyclic) bond motifs is 1. The molecule has 4 heteroatoms. The summed E-state index contributed by atoms with van der Waals surface area (Å²) >= 11 is 3.43. The molecular formula is C22H17NOS2. The Morgan fingerprint density at radius 1 is 0.885 bits per heavy atom. The zero-order valence-electron chi connectivity index (χ0n) is 14.0. The van der Waals surface area contributed by atoms with Gasteiger partial charge < -0.3 is 5.32 Å². The van der Waals surface area contributed by atoms with E-state index in [9.17, 15) is 4.79 Å². The van der Waals surface area contributed by atoms with Crippen LogP contribution in [0.25, 0.3) is 10.8 Å². The van der Waals surface area contributed by atoms with Gasteiger partial charge in [-0.05, 0) is 46.5 Å². The molecule has 0 saturated carbocycles. The molecule has 1 N–H and O–H groups in total. The van der Waals surface area contributed by atoms with Crippen molar-refractivity contribution in [3.63, 3.8) is 0 Å². The summed E-state index contributed by atoms with van der Waals surface area (Å²) in [5.74, 6) is 0.798. The molecule has 2 nitrogen and oxygen atoms in total. The number of benzene rings is 3. The van der Waals surface area contributed by atoms with Gasteiger partial charge in [-0.2, -0.15) is 0 Å². The number of hydrogen-bond donors (Lipinski definition) is 1. The van der Waals surface area contributed by atoms with E-state index in [0.717, 1.165) is 27.1 Å². The Kier molecular flexibility index (Phi) is 5.04. The van der Waals surface area contributed by atoms with Crippen molar-refractivity contribution in [1.29, 1.82) is 0 Å². The van der Waals surface area contributed by atoms with E-state index in [1.807, 2.05) is 54.6 Å². The quantitative estimate of drug-likeness (QED) is 0.406. The first kappa shape index (κ1) is 16.9. The van der Waals surface area contributed by atoms with Crippen molar-refractivity contribution in [2.45, 2.75) is 10.6 Å². The first-order valence-electron chi connectivity index (χ1n) is 8.34. The topological polar surface area (TPSA) is 29.1 Å². The first-order valence-corrected chi connectivity index (χ1v) is 10.2. The summed E-state index contributed by atoms with van der Waals surface area (Å²) in [4.78, 5) is 15.1. The van der Waals surface area contributed by atoms with Crippen LogP contribution in [0.15, 0.2) is 89.1 Å². The lowest BCUT2D eigenvalue weighted by Crippen LogP contribution is -2.12. The number of thioether (sulfide) groups is 1. The van der Waals surface area contributed by atoms with Gasteiger partial charge in [0.15, 0.2) is 0 Å². The van der Waals surface area contributed by atoms with Gasteiger partial charge in [-0.15, -0.1) is 23.1 Å². The number of anilines is 1. The summed E-state index contributed by atoms with van der Waals surface area (Å²) in [7, 11) is 0. The van der Waals surface area contributed by atoms with E-state index in [0.29, 0.717) is 5.56 Å². The molecule has 1 aromatic heterocycles. The Hall–Kier alpha value is -2.56. The van der Waals surface area contributed by atoms with E-state index in [1.165, 1.54) is 4.88 Å². The van der Waals surface area contributed by atoms with Crippen LogP contribution in [0.5, 0.6) is 0 Å². The van der Waals surface area contributed by atoms with Gasteiger partial charge in [-0.25, -0.2) is 0 Å². The maximum Gasteiger partial charge on any atom is 0.256 e. The number of thiophene rings is 1. The minimum Gasteiger partial charge on any atom is -0.322 e. The van der Waals surface area contributed by atoms with Gasteiger partial charge in [0.25, 0.3) is 5.91 Å². The predicted molar refractivity (Wildman–Crippen MR) is 112 cm³/mol. The van der Waals surface area contributed by atoms with E-state index in [2.05, 4.69) is 35.0 Å². The standard InChI is InChI=1S/C22H17NOS2/c24-22(23-18-12-11-16-6-1-2-7-17(16)14-18)20-9-3-4-10-21(20)26-15-19-8-5-13-25-19/h1-14H,15H2,(H,23,24). The van der Waals surface area contributed by atoms with E-state index in [1.54, 1.807) is 23.1 Å². The molecular weight excluding hydrogens is 358 g/mol. The molecule has 4 rings (SSSR count). The lowest BCUT2D eigenvalue weighted by Gasteiger charge is -2.10. The fourth-order valence-corrected chi connectivity index (χ4v) is 4.61. The molecule has 1 amide bonds. The summed E-state index contributed by atoms with van der Waals surface area (Å²) in [6.07, 6.45) is 0. The summed E-state index contributed by atoms with van der Waals surface area (Å²) in [6.45, 7) is 0. The van der Waals surface area contributed by atoms with Gasteiger partial charge in [0.1, 0.15) is 0 Å². The molecule has 0 aliphatic rings. The van der Waals surface area contributed by atoms with Crippen molar-refractivity contribution in [2.75, 3.05) is 5.32 Å². The van der Waals surface area contributed by atoms with Crippen LogP contribution in [0.2, 0.25) is 0 Å². The molecule has 0 atom stereocenters. The summed E-state index contributed by atoms with van der Waals surface area (Å²) < 4.78 is 0. The number of carbonyl (C=O) groups excluding carboxylic acids is 1. The van der Waals surface area contributed by atoms with Crippen molar-refractivity contribution in [2.24, 2.45) is 0 Å². The minimum atomic E-state index is -0.0745. The van der Waals surface area contributed by atoms with Crippen molar-refractivity contribution in [1.82, 2.24) is 0 Å². The Balaban J connectivity index is 1.53. The Bertz CT molecular complexity index is 1040. The minimum absolute atomic E-state index is 0.0745. The third-order valence-electron chi connectivity index (χ3n) is 4.09. The molecule has 128 valence electrons. The maximum absolute atomic E-state index is 12.8. The zero-order chi connectivity index (χ0) is 17.8. The molecule has 0 aliphatic heterocycles. The molecule has 0 aliphatic carbocycles. The lowest BCUT2D eigenvalue weighted by molar-refractivity contribution is 0.102. The van der Waals surface area contributed by atoms with E-state index in [4.69, 9.17) is 0 Å². The van der Waals surface area contributed by atoms with Crippen molar-refractivity contribution >= 4 is 45.5 Å². The van der Waals surface area contributed by atoms with Crippen LogP contribution in [0.4, 0.5) is 5.69 Å². The Labute approximate surface area is 160 Å². The molecule has 4 aromatic rings. The third kappa shape index (κ3) is 3.82. The highest BCUT2D eigenvalue weighted by Crippen LogP contribution is 2.28. The van der Waals surface area contributed by atoms with Gasteiger partial charge in [0.05, 0.1) is 5.56 Å². The van der Waals surface area contributed by atoms with E-state index >= 15 is 0 Å². The predicted octanol–water partition coefficient (Wildman–Crippen LogP) is 6.45. The number of carbonyl (C=O) groups is 1. The average Bonchev–Trinajstić information content (AvgIpc) is 3.20. The fraction of sp³-hybridized carbons (Fsp3) is 0.0455. The number of hydrogen-bond acceptors (Lipinski definition) is 3. The molecule has 0 radical (unpaired) electrons. The van der Waals surface area contributed by atoms with E-state index in [-0.39, 0.29) is 5.91 Å². The molecule has 3 aromatic carbocycles. The highest BCUT2D eigenvalue weighted by molar-refractivity contribution is 7.98. The van der Waals surface area contributed by atoms with Crippen LogP contribution in [-0.4, -0.2) is 5.91 Å². The van der Waals surface area contributed by atoms with Gasteiger partial charge in [-0.1, -0.05) is 48.5 Å². The zero-order valence-corrected chi connectivity index (χ0v) is 15.6. The molecule has 0 saturated heterocycles. The summed E-state index contributed by atoms with van der Waals surface area (Å²) in [6, 6.07) is 26.1. The second-order valence-electron chi connectivity index (χ2n) is 5.88. The van der Waals surface area contributed by atoms with Crippen LogP contribution in [-0.2, 0) is 5.75 Å².